The summed E-state index contributed by atoms with van der Waals surface area (Å²) in [6.07, 6.45) is -3.64. The van der Waals surface area contributed by atoms with E-state index in [1.807, 2.05) is 77.8 Å². The van der Waals surface area contributed by atoms with Gasteiger partial charge in [0.2, 0.25) is 23.3 Å². The van der Waals surface area contributed by atoms with Gasteiger partial charge in [0.05, 0.1) is 44.7 Å². The number of rotatable bonds is 17. The number of pyridine rings is 1. The molecule has 2 aromatic heterocycles. The number of carbonyl (C=O) groups is 5. The predicted octanol–water partition coefficient (Wildman–Crippen LogP) is 7.51. The third-order valence-electron chi connectivity index (χ3n) is 14.0. The summed E-state index contributed by atoms with van der Waals surface area (Å²) < 4.78 is 57.8. The van der Waals surface area contributed by atoms with Gasteiger partial charge in [-0.05, 0) is 87.0 Å². The first-order valence-electron chi connectivity index (χ1n) is 25.2. The van der Waals surface area contributed by atoms with Gasteiger partial charge in [-0.2, -0.15) is 13.2 Å². The third kappa shape index (κ3) is 13.7. The zero-order valence-electron chi connectivity index (χ0n) is 43.6. The van der Waals surface area contributed by atoms with Crippen LogP contribution in [0.4, 0.5) is 28.9 Å². The molecular weight excluding hydrogens is 1010 g/mol. The summed E-state index contributed by atoms with van der Waals surface area (Å²) in [6, 6.07) is 15.0. The number of hydrogen-bond acceptors (Lipinski definition) is 11. The molecule has 16 nitrogen and oxygen atoms in total. The highest BCUT2D eigenvalue weighted by Gasteiger charge is 2.44. The first kappa shape index (κ1) is 56.8. The minimum absolute atomic E-state index is 0.0278. The van der Waals surface area contributed by atoms with Gasteiger partial charge in [0.15, 0.2) is 0 Å². The maximum Gasteiger partial charge on any atom is 0.417 e. The number of nitrogens with one attached hydrogen (secondary N) is 5. The normalized spacial score (nSPS) is 18.5. The SMILES string of the molecule is Cc1ncsc1-c1ccc(CNC(=O)[C@@H]2C[C@@H](O)CN2C(=O)[C@@H](NC(=O)CCCCCNC(=O)c2ccc(-c3ccc(N4C[C@@H](C)N(C)[C@@H](C)C4)c(NC(=O)c4c[nH]c(=O)cc4C(F)(F)F)c3)c(F)c2)C(C)(C)C)cc1. The van der Waals surface area contributed by atoms with E-state index < -0.39 is 75.9 Å². The molecule has 2 aliphatic heterocycles. The lowest BCUT2D eigenvalue weighted by Crippen LogP contribution is -2.57. The number of nitrogens with zero attached hydrogens (tertiary/aromatic N) is 4. The van der Waals surface area contributed by atoms with E-state index >= 15 is 4.39 Å². The molecule has 0 unspecified atom stereocenters. The van der Waals surface area contributed by atoms with Crippen molar-refractivity contribution in [1.29, 1.82) is 0 Å². The highest BCUT2D eigenvalue weighted by molar-refractivity contribution is 7.13. The lowest BCUT2D eigenvalue weighted by Gasteiger charge is -2.44. The highest BCUT2D eigenvalue weighted by atomic mass is 32.1. The Bertz CT molecular complexity index is 2980. The molecular formula is C55H65F4N9O7S. The largest absolute Gasteiger partial charge is 0.417 e. The van der Waals surface area contributed by atoms with Crippen LogP contribution in [-0.4, -0.2) is 118 Å². The van der Waals surface area contributed by atoms with Crippen molar-refractivity contribution in [2.75, 3.05) is 43.4 Å². The van der Waals surface area contributed by atoms with Crippen molar-refractivity contribution in [3.8, 4) is 21.6 Å². The predicted molar refractivity (Wildman–Crippen MR) is 283 cm³/mol. The Labute approximate surface area is 442 Å². The topological polar surface area (TPSA) is 209 Å². The van der Waals surface area contributed by atoms with Crippen molar-refractivity contribution >= 4 is 52.2 Å². The van der Waals surface area contributed by atoms with Crippen LogP contribution in [0.1, 0.15) is 104 Å². The molecule has 6 N–H and O–H groups in total. The van der Waals surface area contributed by atoms with Crippen LogP contribution >= 0.6 is 11.3 Å². The van der Waals surface area contributed by atoms with Gasteiger partial charge in [0.1, 0.15) is 17.9 Å². The van der Waals surface area contributed by atoms with Crippen LogP contribution in [0.15, 0.2) is 83.2 Å². The number of alkyl halides is 3. The van der Waals surface area contributed by atoms with Gasteiger partial charge in [-0.1, -0.05) is 63.6 Å². The molecule has 0 aliphatic carbocycles. The minimum atomic E-state index is -5.00. The Balaban J connectivity index is 0.914. The molecule has 5 amide bonds. The van der Waals surface area contributed by atoms with Crippen molar-refractivity contribution in [2.24, 2.45) is 5.41 Å². The molecule has 406 valence electrons. The smallest absolute Gasteiger partial charge is 0.391 e. The Morgan fingerprint density at radius 3 is 2.22 bits per heavy atom. The number of aliphatic hydroxyl groups excluding tert-OH is 1. The molecule has 0 radical (unpaired) electrons. The Kier molecular flexibility index (Phi) is 17.9. The van der Waals surface area contributed by atoms with E-state index in [0.717, 1.165) is 27.8 Å². The third-order valence-corrected chi connectivity index (χ3v) is 15.0. The van der Waals surface area contributed by atoms with E-state index in [-0.39, 0.29) is 72.8 Å². The van der Waals surface area contributed by atoms with Crippen LogP contribution in [0, 0.1) is 18.2 Å². The molecule has 5 aromatic rings. The van der Waals surface area contributed by atoms with Gasteiger partial charge >= 0.3 is 6.18 Å². The van der Waals surface area contributed by atoms with Gasteiger partial charge in [-0.25, -0.2) is 9.37 Å². The maximum atomic E-state index is 15.9. The van der Waals surface area contributed by atoms with Gasteiger partial charge in [0, 0.05) is 81.0 Å². The second-order valence-electron chi connectivity index (χ2n) is 20.8. The summed E-state index contributed by atoms with van der Waals surface area (Å²) in [5, 5.41) is 21.7. The first-order valence-corrected chi connectivity index (χ1v) is 26.1. The summed E-state index contributed by atoms with van der Waals surface area (Å²) in [5.74, 6) is -3.70. The number of unbranched alkanes of at least 4 members (excludes halogenated alkanes) is 2. The number of hydrogen-bond donors (Lipinski definition) is 6. The number of anilines is 2. The van der Waals surface area contributed by atoms with Crippen LogP contribution in [0.3, 0.4) is 0 Å². The fourth-order valence-corrected chi connectivity index (χ4v) is 10.4. The number of H-pyrrole nitrogens is 1. The molecule has 0 bridgehead atoms. The number of amides is 5. The zero-order chi connectivity index (χ0) is 55.2. The second kappa shape index (κ2) is 23.9. The summed E-state index contributed by atoms with van der Waals surface area (Å²) >= 11 is 1.55. The number of β-amino-alcohol motifs (C(OH)–C–C–N with tert-alkyl or cyclic N) is 1. The van der Waals surface area contributed by atoms with Crippen LogP contribution in [-0.2, 0) is 27.1 Å². The Morgan fingerprint density at radius 2 is 1.58 bits per heavy atom. The van der Waals surface area contributed by atoms with E-state index in [1.54, 1.807) is 29.0 Å². The number of aromatic nitrogens is 2. The van der Waals surface area contributed by atoms with E-state index in [2.05, 4.69) is 36.1 Å². The molecule has 76 heavy (non-hydrogen) atoms. The molecule has 21 heteroatoms. The lowest BCUT2D eigenvalue weighted by atomic mass is 9.85. The summed E-state index contributed by atoms with van der Waals surface area (Å²) in [5.41, 5.74) is 1.60. The lowest BCUT2D eigenvalue weighted by molar-refractivity contribution is -0.144. The molecule has 2 saturated heterocycles. The summed E-state index contributed by atoms with van der Waals surface area (Å²) in [6.45, 7) is 12.8. The summed E-state index contributed by atoms with van der Waals surface area (Å²) in [4.78, 5) is 92.4. The number of carbonyl (C=O) groups excluding carboxylic acids is 5. The number of aliphatic hydroxyl groups is 1. The molecule has 0 saturated carbocycles. The number of halogens is 4. The van der Waals surface area contributed by atoms with E-state index in [1.165, 1.54) is 23.1 Å². The van der Waals surface area contributed by atoms with E-state index in [0.29, 0.717) is 50.3 Å². The molecule has 2 fully saturated rings. The number of likely N-dealkylation sites (tertiary alicyclic amines) is 1. The molecule has 5 atom stereocenters. The average molecular weight is 1070 g/mol. The standard InChI is InChI=1S/C55H65F4N9O7S/c1-31-27-67(28-32(2)66(31)7)44-19-17-36(22-43(44)64-51(73)40-26-61-47(71)24-41(40)55(57,58)59)39-18-16-37(21-42(39)56)50(72)60-20-10-8-9-11-46(70)65-49(54(4,5)6)53(75)68-29-38(69)23-45(68)52(74)62-25-34-12-14-35(15-13-34)48-33(3)63-30-76-48/h12-19,21-22,24,26,30-32,38,45,49,69H,8-11,20,23,25,27-29H2,1-7H3,(H,60,72)(H,61,71)(H,62,74)(H,64,73)(H,65,70)/t31-,32+,38-,45+,49-/m1/s1. The quantitative estimate of drug-likeness (QED) is 0.0399. The van der Waals surface area contributed by atoms with E-state index in [4.69, 9.17) is 0 Å². The fraction of sp³-hybridized carbons (Fsp3) is 0.436. The van der Waals surface area contributed by atoms with Crippen molar-refractivity contribution in [2.45, 2.75) is 117 Å². The zero-order valence-corrected chi connectivity index (χ0v) is 44.4. The Morgan fingerprint density at radius 1 is 0.882 bits per heavy atom. The second-order valence-corrected chi connectivity index (χ2v) is 21.6. The van der Waals surface area contributed by atoms with Crippen molar-refractivity contribution in [3.63, 3.8) is 0 Å². The number of likely N-dealkylation sites (N-methyl/N-ethyl adjacent to an activating group) is 1. The summed E-state index contributed by atoms with van der Waals surface area (Å²) in [7, 11) is 1.98. The van der Waals surface area contributed by atoms with Crippen molar-refractivity contribution in [3.05, 3.63) is 123 Å². The van der Waals surface area contributed by atoms with Crippen molar-refractivity contribution < 1.29 is 46.6 Å². The van der Waals surface area contributed by atoms with Gasteiger partial charge in [0.25, 0.3) is 11.8 Å². The minimum Gasteiger partial charge on any atom is -0.391 e. The van der Waals surface area contributed by atoms with Gasteiger partial charge < -0.3 is 41.2 Å². The molecule has 0 spiro atoms. The number of aromatic amines is 1. The molecule has 3 aromatic carbocycles. The van der Waals surface area contributed by atoms with Crippen LogP contribution in [0.2, 0.25) is 0 Å². The van der Waals surface area contributed by atoms with Crippen LogP contribution < -0.4 is 31.7 Å². The molecule has 4 heterocycles. The van der Waals surface area contributed by atoms with E-state index in [9.17, 15) is 47.0 Å². The van der Waals surface area contributed by atoms with Crippen LogP contribution in [0.25, 0.3) is 21.6 Å². The number of benzene rings is 3. The number of thiazole rings is 1. The van der Waals surface area contributed by atoms with Crippen molar-refractivity contribution in [1.82, 2.24) is 35.7 Å². The van der Waals surface area contributed by atoms with Crippen LogP contribution in [0.5, 0.6) is 0 Å². The van der Waals surface area contributed by atoms with Gasteiger partial charge in [-0.15, -0.1) is 11.3 Å². The number of piperazine rings is 1. The van der Waals surface area contributed by atoms with Gasteiger partial charge in [-0.3, -0.25) is 33.7 Å². The fourth-order valence-electron chi connectivity index (χ4n) is 9.56. The maximum absolute atomic E-state index is 15.9. The first-order chi connectivity index (χ1) is 35.9. The molecule has 2 aliphatic rings. The molecule has 7 rings (SSSR count). The average Bonchev–Trinajstić information content (AvgIpc) is 3.99. The highest BCUT2D eigenvalue weighted by Crippen LogP contribution is 2.37. The monoisotopic (exact) mass is 1070 g/mol. The number of aryl methyl sites for hydroxylation is 1. The Hall–Kier alpha value is -6.97.